The van der Waals surface area contributed by atoms with Crippen LogP contribution in [0, 0.1) is 5.92 Å². The molecule has 2 atom stereocenters. The Morgan fingerprint density at radius 1 is 1.11 bits per heavy atom. The normalized spacial score (nSPS) is 25.9. The third kappa shape index (κ3) is 4.01. The maximum absolute atomic E-state index is 13.0. The number of likely N-dealkylation sites (tertiary alicyclic amines) is 1. The molecule has 2 heterocycles. The van der Waals surface area contributed by atoms with Crippen LogP contribution in [0.3, 0.4) is 0 Å². The summed E-state index contributed by atoms with van der Waals surface area (Å²) >= 11 is 0. The Kier molecular flexibility index (Phi) is 6.01. The van der Waals surface area contributed by atoms with Crippen LogP contribution in [0.15, 0.2) is 24.3 Å². The van der Waals surface area contributed by atoms with Gasteiger partial charge in [0.15, 0.2) is 0 Å². The number of benzene rings is 1. The van der Waals surface area contributed by atoms with E-state index in [-0.39, 0.29) is 6.09 Å². The van der Waals surface area contributed by atoms with Crippen LogP contribution in [0.5, 0.6) is 0 Å². The van der Waals surface area contributed by atoms with E-state index in [2.05, 4.69) is 30.0 Å². The molecule has 4 rings (SSSR count). The van der Waals surface area contributed by atoms with Crippen LogP contribution in [0.1, 0.15) is 69.8 Å². The second kappa shape index (κ2) is 8.64. The molecule has 1 saturated carbocycles. The molecule has 148 valence electrons. The highest BCUT2D eigenvalue weighted by molar-refractivity contribution is 5.92. The SMILES string of the molecule is CCCCN1CCC(COC(=O)N2c3ccccc3C3CCCCC32)CC1. The lowest BCUT2D eigenvalue weighted by Gasteiger charge is -2.33. The number of rotatable bonds is 5. The van der Waals surface area contributed by atoms with E-state index < -0.39 is 0 Å². The highest BCUT2D eigenvalue weighted by Crippen LogP contribution is 2.47. The molecule has 2 aliphatic heterocycles. The summed E-state index contributed by atoms with van der Waals surface area (Å²) in [5.41, 5.74) is 2.44. The van der Waals surface area contributed by atoms with E-state index in [1.807, 2.05) is 11.0 Å². The number of fused-ring (bicyclic) bond motifs is 3. The number of amides is 1. The fourth-order valence-corrected chi connectivity index (χ4v) is 5.23. The summed E-state index contributed by atoms with van der Waals surface area (Å²) in [6, 6.07) is 8.76. The van der Waals surface area contributed by atoms with Crippen molar-refractivity contribution < 1.29 is 9.53 Å². The summed E-state index contributed by atoms with van der Waals surface area (Å²) in [7, 11) is 0. The largest absolute Gasteiger partial charge is 0.449 e. The molecule has 0 N–H and O–H groups in total. The van der Waals surface area contributed by atoms with Crippen molar-refractivity contribution in [2.75, 3.05) is 31.1 Å². The van der Waals surface area contributed by atoms with Crippen molar-refractivity contribution in [3.8, 4) is 0 Å². The number of anilines is 1. The molecule has 0 spiro atoms. The van der Waals surface area contributed by atoms with Gasteiger partial charge in [0, 0.05) is 12.0 Å². The average molecular weight is 371 g/mol. The number of ether oxygens (including phenoxy) is 1. The van der Waals surface area contributed by atoms with Gasteiger partial charge in [-0.3, -0.25) is 4.90 Å². The quantitative estimate of drug-likeness (QED) is 0.716. The van der Waals surface area contributed by atoms with Gasteiger partial charge in [0.2, 0.25) is 0 Å². The highest BCUT2D eigenvalue weighted by atomic mass is 16.6. The molecule has 0 aromatic heterocycles. The van der Waals surface area contributed by atoms with Gasteiger partial charge in [-0.15, -0.1) is 0 Å². The van der Waals surface area contributed by atoms with Crippen LogP contribution in [0.25, 0.3) is 0 Å². The molecule has 0 radical (unpaired) electrons. The predicted octanol–water partition coefficient (Wildman–Crippen LogP) is 5.18. The van der Waals surface area contributed by atoms with E-state index in [1.165, 1.54) is 44.2 Å². The van der Waals surface area contributed by atoms with Gasteiger partial charge in [-0.05, 0) is 69.3 Å². The van der Waals surface area contributed by atoms with Crippen molar-refractivity contribution in [2.45, 2.75) is 70.3 Å². The monoisotopic (exact) mass is 370 g/mol. The first-order valence-corrected chi connectivity index (χ1v) is 11.0. The first-order chi connectivity index (χ1) is 13.3. The fourth-order valence-electron chi connectivity index (χ4n) is 5.23. The van der Waals surface area contributed by atoms with Gasteiger partial charge < -0.3 is 9.64 Å². The van der Waals surface area contributed by atoms with E-state index in [1.54, 1.807) is 0 Å². The summed E-state index contributed by atoms with van der Waals surface area (Å²) < 4.78 is 5.86. The molecular weight excluding hydrogens is 336 g/mol. The Labute approximate surface area is 163 Å². The lowest BCUT2D eigenvalue weighted by Crippen LogP contribution is -2.42. The van der Waals surface area contributed by atoms with Gasteiger partial charge in [-0.2, -0.15) is 0 Å². The van der Waals surface area contributed by atoms with Crippen molar-refractivity contribution in [2.24, 2.45) is 5.92 Å². The number of hydrogen-bond donors (Lipinski definition) is 0. The Morgan fingerprint density at radius 2 is 1.89 bits per heavy atom. The Hall–Kier alpha value is -1.55. The second-order valence-electron chi connectivity index (χ2n) is 8.60. The smallest absolute Gasteiger partial charge is 0.414 e. The van der Waals surface area contributed by atoms with Crippen molar-refractivity contribution >= 4 is 11.8 Å². The van der Waals surface area contributed by atoms with Crippen LogP contribution in [0.2, 0.25) is 0 Å². The zero-order chi connectivity index (χ0) is 18.6. The van der Waals surface area contributed by atoms with Crippen LogP contribution in [0.4, 0.5) is 10.5 Å². The van der Waals surface area contributed by atoms with E-state index in [0.717, 1.165) is 38.0 Å². The molecule has 2 unspecified atom stereocenters. The minimum atomic E-state index is -0.120. The minimum absolute atomic E-state index is 0.120. The molecule has 3 aliphatic rings. The average Bonchev–Trinajstić information content (AvgIpc) is 3.06. The van der Waals surface area contributed by atoms with Crippen LogP contribution in [-0.4, -0.2) is 43.3 Å². The summed E-state index contributed by atoms with van der Waals surface area (Å²) in [6.07, 6.45) is 9.52. The fraction of sp³-hybridized carbons (Fsp3) is 0.696. The number of hydrogen-bond acceptors (Lipinski definition) is 3. The predicted molar refractivity (Wildman–Crippen MR) is 109 cm³/mol. The second-order valence-corrected chi connectivity index (χ2v) is 8.60. The molecule has 1 saturated heterocycles. The number of carbonyl (C=O) groups is 1. The standard InChI is InChI=1S/C23H34N2O2/c1-2-3-14-24-15-12-18(13-16-24)17-27-23(26)25-21-10-6-4-8-19(21)20-9-5-7-11-22(20)25/h4,6,8,10,18,20,22H,2-3,5,7,9,11-17H2,1H3. The maximum atomic E-state index is 13.0. The van der Waals surface area contributed by atoms with Gasteiger partial charge in [-0.25, -0.2) is 4.79 Å². The van der Waals surface area contributed by atoms with E-state index in [4.69, 9.17) is 4.74 Å². The minimum Gasteiger partial charge on any atom is -0.449 e. The maximum Gasteiger partial charge on any atom is 0.414 e. The van der Waals surface area contributed by atoms with Gasteiger partial charge in [-0.1, -0.05) is 44.4 Å². The Balaban J connectivity index is 1.33. The van der Waals surface area contributed by atoms with Crippen molar-refractivity contribution in [1.29, 1.82) is 0 Å². The molecule has 1 aromatic carbocycles. The number of para-hydroxylation sites is 1. The highest BCUT2D eigenvalue weighted by Gasteiger charge is 2.43. The Morgan fingerprint density at radius 3 is 2.70 bits per heavy atom. The first kappa shape index (κ1) is 18.8. The topological polar surface area (TPSA) is 32.8 Å². The van der Waals surface area contributed by atoms with Crippen LogP contribution in [-0.2, 0) is 4.74 Å². The Bertz CT molecular complexity index is 639. The van der Waals surface area contributed by atoms with Gasteiger partial charge in [0.1, 0.15) is 0 Å². The van der Waals surface area contributed by atoms with Gasteiger partial charge in [0.25, 0.3) is 0 Å². The number of nitrogens with zero attached hydrogens (tertiary/aromatic N) is 2. The third-order valence-electron chi connectivity index (χ3n) is 6.83. The summed E-state index contributed by atoms with van der Waals surface area (Å²) in [5.74, 6) is 1.02. The zero-order valence-electron chi connectivity index (χ0n) is 16.7. The summed E-state index contributed by atoms with van der Waals surface area (Å²) in [6.45, 7) is 6.35. The molecule has 4 heteroatoms. The van der Waals surface area contributed by atoms with E-state index in [0.29, 0.717) is 24.5 Å². The number of piperidine rings is 1. The van der Waals surface area contributed by atoms with Crippen LogP contribution < -0.4 is 4.90 Å². The van der Waals surface area contributed by atoms with E-state index in [9.17, 15) is 4.79 Å². The van der Waals surface area contributed by atoms with Crippen molar-refractivity contribution in [3.63, 3.8) is 0 Å². The summed E-state index contributed by atoms with van der Waals surface area (Å²) in [5, 5.41) is 0. The zero-order valence-corrected chi connectivity index (χ0v) is 16.7. The molecule has 1 aromatic rings. The van der Waals surface area contributed by atoms with Crippen LogP contribution >= 0.6 is 0 Å². The molecule has 4 nitrogen and oxygen atoms in total. The molecule has 0 bridgehead atoms. The lowest BCUT2D eigenvalue weighted by molar-refractivity contribution is 0.0983. The molecule has 1 aliphatic carbocycles. The molecule has 1 amide bonds. The lowest BCUT2D eigenvalue weighted by atomic mass is 9.82. The first-order valence-electron chi connectivity index (χ1n) is 11.0. The number of unbranched alkanes of at least 4 members (excludes halogenated alkanes) is 1. The molecule has 27 heavy (non-hydrogen) atoms. The molecular formula is C23H34N2O2. The molecule has 2 fully saturated rings. The number of carbonyl (C=O) groups excluding carboxylic acids is 1. The van der Waals surface area contributed by atoms with Gasteiger partial charge >= 0.3 is 6.09 Å². The summed E-state index contributed by atoms with van der Waals surface area (Å²) in [4.78, 5) is 17.5. The van der Waals surface area contributed by atoms with Crippen molar-refractivity contribution in [1.82, 2.24) is 4.90 Å². The van der Waals surface area contributed by atoms with Crippen molar-refractivity contribution in [3.05, 3.63) is 29.8 Å². The van der Waals surface area contributed by atoms with Gasteiger partial charge in [0.05, 0.1) is 12.3 Å². The van der Waals surface area contributed by atoms with E-state index >= 15 is 0 Å². The third-order valence-corrected chi connectivity index (χ3v) is 6.83.